The summed E-state index contributed by atoms with van der Waals surface area (Å²) in [5, 5.41) is 8.20. The van der Waals surface area contributed by atoms with E-state index in [9.17, 15) is 28.8 Å². The van der Waals surface area contributed by atoms with Gasteiger partial charge in [-0.3, -0.25) is 19.2 Å². The van der Waals surface area contributed by atoms with Crippen LogP contribution in [0.4, 0.5) is 4.79 Å². The number of ketones is 1. The van der Waals surface area contributed by atoms with Gasteiger partial charge in [-0.2, -0.15) is 0 Å². The molecule has 218 valence electrons. The van der Waals surface area contributed by atoms with Crippen molar-refractivity contribution in [2.24, 2.45) is 17.1 Å². The summed E-state index contributed by atoms with van der Waals surface area (Å²) in [7, 11) is 1.28. The van der Waals surface area contributed by atoms with Crippen molar-refractivity contribution < 1.29 is 33.5 Å². The highest BCUT2D eigenvalue weighted by Gasteiger charge is 2.46. The van der Waals surface area contributed by atoms with Crippen LogP contribution >= 0.6 is 0 Å². The molecule has 39 heavy (non-hydrogen) atoms. The van der Waals surface area contributed by atoms with E-state index in [4.69, 9.17) is 10.5 Å². The minimum absolute atomic E-state index is 0.255. The van der Waals surface area contributed by atoms with Gasteiger partial charge in [0.05, 0.1) is 13.2 Å². The van der Waals surface area contributed by atoms with E-state index >= 15 is 0 Å². The molecule has 0 aromatic carbocycles. The number of amides is 5. The smallest absolute Gasteiger partial charge is 0.331 e. The van der Waals surface area contributed by atoms with Gasteiger partial charge in [-0.25, -0.2) is 9.59 Å². The first-order valence-corrected chi connectivity index (χ1v) is 13.9. The first-order chi connectivity index (χ1) is 18.3. The summed E-state index contributed by atoms with van der Waals surface area (Å²) < 4.78 is 4.97. The summed E-state index contributed by atoms with van der Waals surface area (Å²) in [5.74, 6) is -3.18. The summed E-state index contributed by atoms with van der Waals surface area (Å²) in [4.78, 5) is 78.1. The molecule has 1 saturated heterocycles. The molecule has 3 fully saturated rings. The molecule has 1 aliphatic heterocycles. The van der Waals surface area contributed by atoms with Crippen molar-refractivity contribution in [1.82, 2.24) is 20.9 Å². The topological polar surface area (TPSA) is 177 Å². The number of urea groups is 1. The van der Waals surface area contributed by atoms with E-state index in [-0.39, 0.29) is 5.92 Å². The van der Waals surface area contributed by atoms with Crippen LogP contribution in [0.1, 0.15) is 85.0 Å². The van der Waals surface area contributed by atoms with Crippen LogP contribution in [-0.4, -0.2) is 77.7 Å². The summed E-state index contributed by atoms with van der Waals surface area (Å²) in [6, 6.07) is -3.53. The number of esters is 1. The monoisotopic (exact) mass is 549 g/mol. The number of carbonyl (C=O) groups is 6. The van der Waals surface area contributed by atoms with Crippen molar-refractivity contribution in [3.8, 4) is 0 Å². The number of nitrogens with two attached hydrogens (primary N) is 1. The molecule has 0 aromatic heterocycles. The lowest BCUT2D eigenvalue weighted by atomic mass is 9.81. The molecule has 2 aliphatic carbocycles. The Hall–Kier alpha value is -3.18. The van der Waals surface area contributed by atoms with Gasteiger partial charge in [0.1, 0.15) is 17.6 Å². The Bertz CT molecular complexity index is 982. The van der Waals surface area contributed by atoms with Crippen LogP contribution in [0.25, 0.3) is 0 Å². The number of carbonyl (C=O) groups excluding carboxylic acids is 6. The lowest BCUT2D eigenvalue weighted by Gasteiger charge is -2.38. The Kier molecular flexibility index (Phi) is 9.60. The molecule has 1 heterocycles. The molecule has 3 unspecified atom stereocenters. The average Bonchev–Trinajstić information content (AvgIpc) is 3.56. The fourth-order valence-corrected chi connectivity index (χ4v) is 5.59. The van der Waals surface area contributed by atoms with Gasteiger partial charge in [-0.1, -0.05) is 52.9 Å². The maximum Gasteiger partial charge on any atom is 0.331 e. The molecule has 2 saturated carbocycles. The number of ether oxygens (including phenoxy) is 1. The number of nitrogens with one attached hydrogen (secondary N) is 3. The van der Waals surface area contributed by atoms with Crippen LogP contribution in [0, 0.1) is 11.3 Å². The van der Waals surface area contributed by atoms with E-state index in [1.54, 1.807) is 20.8 Å². The lowest BCUT2D eigenvalue weighted by Crippen LogP contribution is -2.63. The Labute approximate surface area is 229 Å². The number of primary amides is 1. The Balaban J connectivity index is 1.73. The van der Waals surface area contributed by atoms with Gasteiger partial charge in [0.25, 0.3) is 5.91 Å². The largest absolute Gasteiger partial charge is 0.467 e. The molecule has 0 radical (unpaired) electrons. The highest BCUT2D eigenvalue weighted by molar-refractivity contribution is 6.37. The van der Waals surface area contributed by atoms with Gasteiger partial charge >= 0.3 is 12.0 Å². The first kappa shape index (κ1) is 30.4. The van der Waals surface area contributed by atoms with Crippen molar-refractivity contribution in [3.63, 3.8) is 0 Å². The normalized spacial score (nSPS) is 22.3. The van der Waals surface area contributed by atoms with Gasteiger partial charge in [-0.15, -0.1) is 0 Å². The highest BCUT2D eigenvalue weighted by atomic mass is 16.5. The molecule has 12 heteroatoms. The first-order valence-electron chi connectivity index (χ1n) is 13.9. The molecule has 5 N–H and O–H groups in total. The molecule has 0 spiro atoms. The average molecular weight is 550 g/mol. The number of nitrogens with zero attached hydrogens (tertiary/aromatic N) is 1. The summed E-state index contributed by atoms with van der Waals surface area (Å²) >= 11 is 0. The minimum atomic E-state index is -1.15. The number of methoxy groups -OCH3 is 1. The second kappa shape index (κ2) is 12.3. The maximum absolute atomic E-state index is 13.8. The van der Waals surface area contributed by atoms with Crippen molar-refractivity contribution in [2.45, 2.75) is 109 Å². The fourth-order valence-electron chi connectivity index (χ4n) is 5.59. The van der Waals surface area contributed by atoms with Crippen molar-refractivity contribution >= 4 is 35.5 Å². The summed E-state index contributed by atoms with van der Waals surface area (Å²) in [6.07, 6.45) is 6.50. The third kappa shape index (κ3) is 7.48. The predicted octanol–water partition coefficient (Wildman–Crippen LogP) is 0.907. The second-order valence-electron chi connectivity index (χ2n) is 12.2. The van der Waals surface area contributed by atoms with Gasteiger partial charge in [0.15, 0.2) is 0 Å². The zero-order valence-corrected chi connectivity index (χ0v) is 23.5. The van der Waals surface area contributed by atoms with Crippen LogP contribution in [-0.2, 0) is 28.7 Å². The van der Waals surface area contributed by atoms with E-state index < -0.39 is 64.6 Å². The molecule has 0 bridgehead atoms. The molecule has 3 atom stereocenters. The predicted molar refractivity (Wildman–Crippen MR) is 141 cm³/mol. The van der Waals surface area contributed by atoms with Gasteiger partial charge < -0.3 is 31.3 Å². The molecule has 5 amide bonds. The van der Waals surface area contributed by atoms with Crippen LogP contribution in [0.3, 0.4) is 0 Å². The fraction of sp³-hybridized carbons (Fsp3) is 0.778. The zero-order chi connectivity index (χ0) is 29.0. The van der Waals surface area contributed by atoms with Crippen LogP contribution in [0.2, 0.25) is 0 Å². The second-order valence-corrected chi connectivity index (χ2v) is 12.2. The molecule has 12 nitrogen and oxygen atoms in total. The van der Waals surface area contributed by atoms with Crippen molar-refractivity contribution in [2.75, 3.05) is 13.7 Å². The minimum Gasteiger partial charge on any atom is -0.467 e. The van der Waals surface area contributed by atoms with E-state index in [1.165, 1.54) is 12.0 Å². The number of rotatable bonds is 10. The van der Waals surface area contributed by atoms with E-state index in [2.05, 4.69) is 16.0 Å². The number of hydrogen-bond acceptors (Lipinski definition) is 7. The zero-order valence-electron chi connectivity index (χ0n) is 23.5. The Morgan fingerprint density at radius 1 is 0.974 bits per heavy atom. The molecule has 3 aliphatic rings. The quantitative estimate of drug-likeness (QED) is 0.231. The Morgan fingerprint density at radius 2 is 1.62 bits per heavy atom. The number of likely N-dealkylation sites (tertiary alicyclic amines) is 1. The van der Waals surface area contributed by atoms with E-state index in [0.29, 0.717) is 38.6 Å². The molecular weight excluding hydrogens is 506 g/mol. The molecular formula is C27H43N5O7. The highest BCUT2D eigenvalue weighted by Crippen LogP contribution is 2.34. The van der Waals surface area contributed by atoms with Crippen molar-refractivity contribution in [1.29, 1.82) is 0 Å². The third-order valence-corrected chi connectivity index (χ3v) is 8.00. The summed E-state index contributed by atoms with van der Waals surface area (Å²) in [6.45, 7) is 5.70. The van der Waals surface area contributed by atoms with Crippen molar-refractivity contribution in [3.05, 3.63) is 0 Å². The third-order valence-electron chi connectivity index (χ3n) is 8.00. The molecule has 3 rings (SSSR count). The number of Topliss-reactive ketones (excluding diaryl/α,β-unsaturated/α-hetero) is 1. The van der Waals surface area contributed by atoms with Crippen LogP contribution in [0.5, 0.6) is 0 Å². The van der Waals surface area contributed by atoms with Crippen LogP contribution in [0.15, 0.2) is 0 Å². The van der Waals surface area contributed by atoms with Crippen LogP contribution < -0.4 is 21.7 Å². The summed E-state index contributed by atoms with van der Waals surface area (Å²) in [5.41, 5.74) is 3.32. The van der Waals surface area contributed by atoms with Gasteiger partial charge in [-0.05, 0) is 43.4 Å². The lowest BCUT2D eigenvalue weighted by molar-refractivity contribution is -0.149. The van der Waals surface area contributed by atoms with Gasteiger partial charge in [0.2, 0.25) is 17.6 Å². The van der Waals surface area contributed by atoms with E-state index in [0.717, 1.165) is 32.1 Å². The van der Waals surface area contributed by atoms with Gasteiger partial charge in [0, 0.05) is 6.54 Å². The standard InChI is InChI=1S/C27H43N5O7/c1-26(2,3)20(30-25(38)31-27(24(37)39-4)12-6-5-7-13-27)23(36)32-14-8-9-18(32)22(35)29-17(15-16-10-11-16)19(33)21(28)34/h16-18,20H,5-15H2,1-4H3,(H2,28,34)(H,29,35)(H2,30,31,38). The Morgan fingerprint density at radius 3 is 2.15 bits per heavy atom. The SMILES string of the molecule is COC(=O)C1(NC(=O)NC(C(=O)N2CCCC2C(=O)NC(CC2CC2)C(=O)C(N)=O)C(C)(C)C)CCCCC1. The maximum atomic E-state index is 13.8. The number of hydrogen-bond donors (Lipinski definition) is 4. The molecule has 0 aromatic rings. The van der Waals surface area contributed by atoms with E-state index in [1.807, 2.05) is 0 Å².